The van der Waals surface area contributed by atoms with Crippen LogP contribution < -0.4 is 10.7 Å². The van der Waals surface area contributed by atoms with Gasteiger partial charge in [-0.05, 0) is 38.0 Å². The SMILES string of the molecule is Cc1cc(F)c(CNC(=O)c2cn3c(c(O)c2=O)C(=O)N2CCC(F)CC3(C)C2)c(F)c1. The van der Waals surface area contributed by atoms with Crippen molar-refractivity contribution in [1.29, 1.82) is 0 Å². The number of fused-ring (bicyclic) bond motifs is 4. The van der Waals surface area contributed by atoms with Crippen molar-refractivity contribution >= 4 is 11.8 Å². The molecule has 32 heavy (non-hydrogen) atoms. The van der Waals surface area contributed by atoms with Gasteiger partial charge in [0.05, 0.1) is 5.54 Å². The van der Waals surface area contributed by atoms with Crippen LogP contribution >= 0.6 is 0 Å². The summed E-state index contributed by atoms with van der Waals surface area (Å²) >= 11 is 0. The second kappa shape index (κ2) is 7.68. The maximum Gasteiger partial charge on any atom is 0.274 e. The van der Waals surface area contributed by atoms with Crippen LogP contribution in [0, 0.1) is 18.6 Å². The third kappa shape index (κ3) is 3.53. The number of aromatic nitrogens is 1. The number of carbonyl (C=O) groups is 2. The van der Waals surface area contributed by atoms with Crippen molar-refractivity contribution in [3.05, 3.63) is 62.6 Å². The van der Waals surface area contributed by atoms with E-state index in [-0.39, 0.29) is 37.2 Å². The molecule has 0 aliphatic carbocycles. The van der Waals surface area contributed by atoms with E-state index < -0.39 is 58.4 Å². The Morgan fingerprint density at radius 2 is 1.94 bits per heavy atom. The van der Waals surface area contributed by atoms with Gasteiger partial charge in [0.2, 0.25) is 5.43 Å². The Kier molecular flexibility index (Phi) is 5.26. The van der Waals surface area contributed by atoms with Gasteiger partial charge in [0.1, 0.15) is 23.4 Å². The van der Waals surface area contributed by atoms with E-state index in [9.17, 15) is 32.7 Å². The number of rotatable bonds is 3. The Labute approximate surface area is 181 Å². The van der Waals surface area contributed by atoms with E-state index in [1.165, 1.54) is 16.4 Å². The van der Waals surface area contributed by atoms with E-state index in [1.54, 1.807) is 6.92 Å². The number of amides is 2. The summed E-state index contributed by atoms with van der Waals surface area (Å²) < 4.78 is 43.8. The Bertz CT molecular complexity index is 1170. The number of hydrogen-bond donors (Lipinski definition) is 2. The van der Waals surface area contributed by atoms with Gasteiger partial charge >= 0.3 is 0 Å². The minimum Gasteiger partial charge on any atom is -0.503 e. The van der Waals surface area contributed by atoms with Crippen LogP contribution in [-0.4, -0.2) is 45.6 Å². The molecule has 0 spiro atoms. The molecule has 7 nitrogen and oxygen atoms in total. The highest BCUT2D eigenvalue weighted by molar-refractivity contribution is 5.99. The summed E-state index contributed by atoms with van der Waals surface area (Å²) in [6.45, 7) is 2.97. The van der Waals surface area contributed by atoms with Gasteiger partial charge in [-0.1, -0.05) is 0 Å². The minimum atomic E-state index is -1.21. The highest BCUT2D eigenvalue weighted by Crippen LogP contribution is 2.37. The van der Waals surface area contributed by atoms with Gasteiger partial charge in [0, 0.05) is 37.8 Å². The van der Waals surface area contributed by atoms with Gasteiger partial charge in [0.15, 0.2) is 11.4 Å². The first kappa shape index (κ1) is 21.9. The molecule has 2 N–H and O–H groups in total. The molecule has 2 atom stereocenters. The summed E-state index contributed by atoms with van der Waals surface area (Å²) in [5.41, 5.74) is -2.91. The first-order chi connectivity index (χ1) is 15.0. The first-order valence-electron chi connectivity index (χ1n) is 10.2. The molecule has 2 unspecified atom stereocenters. The Hall–Kier alpha value is -3.30. The van der Waals surface area contributed by atoms with Gasteiger partial charge < -0.3 is 19.9 Å². The summed E-state index contributed by atoms with van der Waals surface area (Å²) in [4.78, 5) is 39.6. The first-order valence-corrected chi connectivity index (χ1v) is 10.2. The predicted molar refractivity (Wildman–Crippen MR) is 108 cm³/mol. The molecule has 2 aromatic rings. The van der Waals surface area contributed by atoms with Crippen molar-refractivity contribution in [1.82, 2.24) is 14.8 Å². The molecule has 10 heteroatoms. The monoisotopic (exact) mass is 449 g/mol. The van der Waals surface area contributed by atoms with Crippen molar-refractivity contribution in [3.8, 4) is 5.75 Å². The normalized spacial score (nSPS) is 22.3. The van der Waals surface area contributed by atoms with Crippen LogP contribution in [0.5, 0.6) is 5.75 Å². The van der Waals surface area contributed by atoms with Crippen molar-refractivity contribution < 1.29 is 27.9 Å². The van der Waals surface area contributed by atoms with Crippen LogP contribution in [0.25, 0.3) is 0 Å². The highest BCUT2D eigenvalue weighted by atomic mass is 19.1. The van der Waals surface area contributed by atoms with Gasteiger partial charge in [0.25, 0.3) is 11.8 Å². The van der Waals surface area contributed by atoms with Crippen molar-refractivity contribution in [2.75, 3.05) is 13.1 Å². The second-order valence-electron chi connectivity index (χ2n) is 8.64. The lowest BCUT2D eigenvalue weighted by molar-refractivity contribution is 0.0586. The third-order valence-corrected chi connectivity index (χ3v) is 6.12. The van der Waals surface area contributed by atoms with Crippen LogP contribution in [-0.2, 0) is 12.1 Å². The van der Waals surface area contributed by atoms with Gasteiger partial charge in [-0.2, -0.15) is 0 Å². The van der Waals surface area contributed by atoms with Crippen LogP contribution in [0.4, 0.5) is 13.2 Å². The zero-order chi connectivity index (χ0) is 23.4. The molecule has 2 bridgehead atoms. The van der Waals surface area contributed by atoms with E-state index in [2.05, 4.69) is 5.32 Å². The van der Waals surface area contributed by atoms with E-state index >= 15 is 0 Å². The molecular formula is C22H22F3N3O4. The molecule has 3 heterocycles. The molecule has 2 amide bonds. The molecule has 1 saturated heterocycles. The third-order valence-electron chi connectivity index (χ3n) is 6.12. The number of carbonyl (C=O) groups excluding carboxylic acids is 2. The van der Waals surface area contributed by atoms with Gasteiger partial charge in [-0.25, -0.2) is 13.2 Å². The van der Waals surface area contributed by atoms with E-state index in [0.717, 1.165) is 18.3 Å². The average Bonchev–Trinajstić information content (AvgIpc) is 2.84. The Balaban J connectivity index is 1.72. The molecule has 1 aromatic heterocycles. The quantitative estimate of drug-likeness (QED) is 0.753. The Morgan fingerprint density at radius 3 is 2.59 bits per heavy atom. The summed E-state index contributed by atoms with van der Waals surface area (Å²) in [6, 6.07) is 2.23. The van der Waals surface area contributed by atoms with E-state index in [4.69, 9.17) is 0 Å². The number of aromatic hydroxyl groups is 1. The minimum absolute atomic E-state index is 0.0208. The molecule has 1 fully saturated rings. The predicted octanol–water partition coefficient (Wildman–Crippen LogP) is 2.37. The summed E-state index contributed by atoms with van der Waals surface area (Å²) in [6.07, 6.45) is 0.0477. The molecule has 2 aliphatic rings. The van der Waals surface area contributed by atoms with Gasteiger partial charge in [-0.3, -0.25) is 14.4 Å². The number of aryl methyl sites for hydroxylation is 1. The summed E-state index contributed by atoms with van der Waals surface area (Å²) in [5.74, 6) is -4.22. The lowest BCUT2D eigenvalue weighted by Crippen LogP contribution is -2.52. The number of hydrogen-bond acceptors (Lipinski definition) is 4. The number of nitrogens with one attached hydrogen (secondary N) is 1. The number of nitrogens with zero attached hydrogens (tertiary/aromatic N) is 2. The fraction of sp³-hybridized carbons (Fsp3) is 0.409. The smallest absolute Gasteiger partial charge is 0.274 e. The number of pyridine rings is 1. The molecule has 170 valence electrons. The van der Waals surface area contributed by atoms with Crippen molar-refractivity contribution in [3.63, 3.8) is 0 Å². The molecule has 0 radical (unpaired) electrons. The number of halogens is 3. The Morgan fingerprint density at radius 1 is 1.28 bits per heavy atom. The van der Waals surface area contributed by atoms with Crippen LogP contribution in [0.3, 0.4) is 0 Å². The zero-order valence-electron chi connectivity index (χ0n) is 17.5. The van der Waals surface area contributed by atoms with Crippen LogP contribution in [0.1, 0.15) is 51.7 Å². The standard InChI is InChI=1S/C22H22F3N3O4/c1-11-5-15(24)13(16(25)6-11)8-26-20(31)14-9-28-17(19(30)18(14)29)21(32)27-4-3-12(23)7-22(28,2)10-27/h5-6,9,12,30H,3-4,7-8,10H2,1-2H3,(H,26,31). The second-order valence-corrected chi connectivity index (χ2v) is 8.64. The maximum absolute atomic E-state index is 14.4. The average molecular weight is 449 g/mol. The van der Waals surface area contributed by atoms with Crippen molar-refractivity contribution in [2.45, 2.75) is 44.9 Å². The summed E-state index contributed by atoms with van der Waals surface area (Å²) in [5, 5.41) is 12.8. The molecular weight excluding hydrogens is 427 g/mol. The van der Waals surface area contributed by atoms with Gasteiger partial charge in [-0.15, -0.1) is 0 Å². The lowest BCUT2D eigenvalue weighted by Gasteiger charge is -2.42. The largest absolute Gasteiger partial charge is 0.503 e. The number of alkyl halides is 1. The highest BCUT2D eigenvalue weighted by Gasteiger charge is 2.45. The molecule has 2 aliphatic heterocycles. The summed E-state index contributed by atoms with van der Waals surface area (Å²) in [7, 11) is 0. The molecule has 4 rings (SSSR count). The number of benzene rings is 1. The van der Waals surface area contributed by atoms with E-state index in [0.29, 0.717) is 5.56 Å². The topological polar surface area (TPSA) is 91.6 Å². The van der Waals surface area contributed by atoms with E-state index in [1.807, 2.05) is 0 Å². The zero-order valence-corrected chi connectivity index (χ0v) is 17.5. The molecule has 1 aromatic carbocycles. The fourth-order valence-corrected chi connectivity index (χ4v) is 4.48. The fourth-order valence-electron chi connectivity index (χ4n) is 4.48. The van der Waals surface area contributed by atoms with Crippen molar-refractivity contribution in [2.24, 2.45) is 0 Å². The maximum atomic E-state index is 14.4. The molecule has 0 saturated carbocycles. The van der Waals surface area contributed by atoms with Crippen LogP contribution in [0.15, 0.2) is 23.1 Å². The van der Waals surface area contributed by atoms with Crippen LogP contribution in [0.2, 0.25) is 0 Å². The lowest BCUT2D eigenvalue weighted by atomic mass is 9.91.